The summed E-state index contributed by atoms with van der Waals surface area (Å²) in [5.74, 6) is 0.724. The Kier molecular flexibility index (Phi) is 4.56. The first kappa shape index (κ1) is 15.2. The van der Waals surface area contributed by atoms with Crippen LogP contribution in [0.5, 0.6) is 0 Å². The summed E-state index contributed by atoms with van der Waals surface area (Å²) in [4.78, 5) is 4.92. The molecule has 0 amide bonds. The van der Waals surface area contributed by atoms with Gasteiger partial charge in [-0.1, -0.05) is 0 Å². The third-order valence-corrected chi connectivity index (χ3v) is 5.61. The highest BCUT2D eigenvalue weighted by molar-refractivity contribution is 5.07. The normalized spacial score (nSPS) is 25.4. The van der Waals surface area contributed by atoms with Gasteiger partial charge in [-0.2, -0.15) is 0 Å². The van der Waals surface area contributed by atoms with Crippen molar-refractivity contribution < 1.29 is 4.74 Å². The zero-order chi connectivity index (χ0) is 14.1. The lowest BCUT2D eigenvalue weighted by Crippen LogP contribution is -2.64. The number of rotatable bonds is 8. The van der Waals surface area contributed by atoms with Crippen LogP contribution in [0, 0.1) is 5.92 Å². The monoisotopic (exact) mass is 269 g/mol. The van der Waals surface area contributed by atoms with E-state index in [-0.39, 0.29) is 5.54 Å². The maximum atomic E-state index is 6.15. The lowest BCUT2D eigenvalue weighted by atomic mass is 9.74. The quantitative estimate of drug-likeness (QED) is 0.718. The number of likely N-dealkylation sites (N-methyl/N-ethyl adjacent to an activating group) is 2. The first-order valence-corrected chi connectivity index (χ1v) is 7.58. The van der Waals surface area contributed by atoms with Crippen LogP contribution in [0.25, 0.3) is 0 Å². The van der Waals surface area contributed by atoms with E-state index in [2.05, 4.69) is 30.9 Å². The van der Waals surface area contributed by atoms with E-state index in [0.29, 0.717) is 12.1 Å². The molecule has 2 rings (SSSR count). The van der Waals surface area contributed by atoms with E-state index in [4.69, 9.17) is 10.5 Å². The average Bonchev–Trinajstić information content (AvgIpc) is 3.14. The lowest BCUT2D eigenvalue weighted by molar-refractivity contribution is -0.0412. The van der Waals surface area contributed by atoms with Crippen LogP contribution in [0.1, 0.15) is 32.1 Å². The van der Waals surface area contributed by atoms with E-state index in [1.165, 1.54) is 32.1 Å². The molecule has 19 heavy (non-hydrogen) atoms. The minimum atomic E-state index is 0.0490. The molecular weight excluding hydrogens is 238 g/mol. The molecule has 0 aromatic heterocycles. The van der Waals surface area contributed by atoms with Gasteiger partial charge in [-0.3, -0.25) is 4.90 Å². The van der Waals surface area contributed by atoms with E-state index in [0.717, 1.165) is 19.1 Å². The molecule has 112 valence electrons. The van der Waals surface area contributed by atoms with Crippen LogP contribution in [0.15, 0.2) is 0 Å². The van der Waals surface area contributed by atoms with Crippen molar-refractivity contribution in [3.63, 3.8) is 0 Å². The SMILES string of the molecule is COCC(CN)(C1CC1)N(C)CC1(N(C)C)CCC1. The van der Waals surface area contributed by atoms with Crippen LogP contribution in [-0.4, -0.2) is 68.8 Å². The number of ether oxygens (including phenoxy) is 1. The maximum Gasteiger partial charge on any atom is 0.0661 e. The van der Waals surface area contributed by atoms with Crippen molar-refractivity contribution in [2.45, 2.75) is 43.2 Å². The second-order valence-electron chi connectivity index (χ2n) is 6.84. The summed E-state index contributed by atoms with van der Waals surface area (Å²) in [6, 6.07) is 0. The number of methoxy groups -OCH3 is 1. The second-order valence-corrected chi connectivity index (χ2v) is 6.84. The fraction of sp³-hybridized carbons (Fsp3) is 1.00. The molecule has 0 aromatic carbocycles. The van der Waals surface area contributed by atoms with Crippen molar-refractivity contribution in [3.05, 3.63) is 0 Å². The molecule has 2 aliphatic carbocycles. The number of nitrogens with zero attached hydrogens (tertiary/aromatic N) is 2. The minimum Gasteiger partial charge on any atom is -0.383 e. The van der Waals surface area contributed by atoms with Gasteiger partial charge in [0.2, 0.25) is 0 Å². The van der Waals surface area contributed by atoms with Crippen LogP contribution in [0.4, 0.5) is 0 Å². The minimum absolute atomic E-state index is 0.0490. The van der Waals surface area contributed by atoms with Gasteiger partial charge in [0.25, 0.3) is 0 Å². The molecule has 4 heteroatoms. The number of nitrogens with two attached hydrogens (primary N) is 1. The maximum absolute atomic E-state index is 6.15. The molecule has 0 heterocycles. The fourth-order valence-corrected chi connectivity index (χ4v) is 3.72. The molecule has 0 aliphatic heterocycles. The van der Waals surface area contributed by atoms with Crippen LogP contribution in [-0.2, 0) is 4.74 Å². The average molecular weight is 269 g/mol. The van der Waals surface area contributed by atoms with E-state index in [1.807, 2.05) is 0 Å². The highest BCUT2D eigenvalue weighted by Crippen LogP contribution is 2.45. The van der Waals surface area contributed by atoms with Gasteiger partial charge in [0.1, 0.15) is 0 Å². The van der Waals surface area contributed by atoms with Gasteiger partial charge in [0.15, 0.2) is 0 Å². The summed E-state index contributed by atoms with van der Waals surface area (Å²) in [5.41, 5.74) is 6.56. The first-order chi connectivity index (χ1) is 9.00. The van der Waals surface area contributed by atoms with Crippen LogP contribution in [0.2, 0.25) is 0 Å². The topological polar surface area (TPSA) is 41.7 Å². The van der Waals surface area contributed by atoms with Crippen LogP contribution >= 0.6 is 0 Å². The van der Waals surface area contributed by atoms with Gasteiger partial charge in [-0.15, -0.1) is 0 Å². The summed E-state index contributed by atoms with van der Waals surface area (Å²) in [6.07, 6.45) is 6.58. The summed E-state index contributed by atoms with van der Waals surface area (Å²) in [6.45, 7) is 2.57. The van der Waals surface area contributed by atoms with Gasteiger partial charge in [-0.05, 0) is 59.2 Å². The fourth-order valence-electron chi connectivity index (χ4n) is 3.72. The van der Waals surface area contributed by atoms with Gasteiger partial charge in [-0.25, -0.2) is 0 Å². The molecule has 1 unspecified atom stereocenters. The van der Waals surface area contributed by atoms with Crippen molar-refractivity contribution in [1.82, 2.24) is 9.80 Å². The van der Waals surface area contributed by atoms with Crippen LogP contribution in [0.3, 0.4) is 0 Å². The molecular formula is C15H31N3O. The second kappa shape index (κ2) is 5.68. The van der Waals surface area contributed by atoms with Crippen molar-refractivity contribution in [2.24, 2.45) is 11.7 Å². The predicted molar refractivity (Wildman–Crippen MR) is 79.3 cm³/mol. The smallest absolute Gasteiger partial charge is 0.0661 e. The van der Waals surface area contributed by atoms with E-state index in [1.54, 1.807) is 7.11 Å². The summed E-state index contributed by atoms with van der Waals surface area (Å²) >= 11 is 0. The largest absolute Gasteiger partial charge is 0.383 e. The Bertz CT molecular complexity index is 300. The molecule has 1 atom stereocenters. The Hall–Kier alpha value is -0.160. The summed E-state index contributed by atoms with van der Waals surface area (Å²) in [7, 11) is 8.47. The van der Waals surface area contributed by atoms with Gasteiger partial charge < -0.3 is 15.4 Å². The van der Waals surface area contributed by atoms with Gasteiger partial charge in [0.05, 0.1) is 12.1 Å². The van der Waals surface area contributed by atoms with Gasteiger partial charge in [0, 0.05) is 25.7 Å². The highest BCUT2D eigenvalue weighted by atomic mass is 16.5. The molecule has 4 nitrogen and oxygen atoms in total. The van der Waals surface area contributed by atoms with Crippen molar-refractivity contribution >= 4 is 0 Å². The third kappa shape index (κ3) is 2.68. The Morgan fingerprint density at radius 1 is 1.26 bits per heavy atom. The zero-order valence-corrected chi connectivity index (χ0v) is 13.1. The van der Waals surface area contributed by atoms with Crippen LogP contribution < -0.4 is 5.73 Å². The van der Waals surface area contributed by atoms with Crippen molar-refractivity contribution in [2.75, 3.05) is 47.9 Å². The number of hydrogen-bond donors (Lipinski definition) is 1. The standard InChI is InChI=1S/C15H31N3O/c1-17(2)14(8-5-9-14)11-18(3)15(10-16,12-19-4)13-6-7-13/h13H,5-12,16H2,1-4H3. The van der Waals surface area contributed by atoms with Crippen molar-refractivity contribution in [3.8, 4) is 0 Å². The molecule has 2 aliphatic rings. The molecule has 0 radical (unpaired) electrons. The highest BCUT2D eigenvalue weighted by Gasteiger charge is 2.50. The van der Waals surface area contributed by atoms with Crippen molar-refractivity contribution in [1.29, 1.82) is 0 Å². The molecule has 2 N–H and O–H groups in total. The molecule has 0 aromatic rings. The zero-order valence-electron chi connectivity index (χ0n) is 13.1. The Morgan fingerprint density at radius 2 is 1.89 bits per heavy atom. The Balaban J connectivity index is 2.08. The molecule has 0 bridgehead atoms. The van der Waals surface area contributed by atoms with Gasteiger partial charge >= 0.3 is 0 Å². The first-order valence-electron chi connectivity index (χ1n) is 7.58. The summed E-state index contributed by atoms with van der Waals surface area (Å²) < 4.78 is 5.51. The lowest BCUT2D eigenvalue weighted by Gasteiger charge is -2.53. The predicted octanol–water partition coefficient (Wildman–Crippen LogP) is 1.16. The molecule has 0 saturated heterocycles. The number of hydrogen-bond acceptors (Lipinski definition) is 4. The van der Waals surface area contributed by atoms with E-state index >= 15 is 0 Å². The van der Waals surface area contributed by atoms with E-state index in [9.17, 15) is 0 Å². The summed E-state index contributed by atoms with van der Waals surface area (Å²) in [5, 5.41) is 0. The third-order valence-electron chi connectivity index (χ3n) is 5.61. The molecule has 0 spiro atoms. The van der Waals surface area contributed by atoms with E-state index < -0.39 is 0 Å². The Morgan fingerprint density at radius 3 is 2.21 bits per heavy atom. The Labute approximate surface area is 118 Å². The molecule has 2 fully saturated rings. The molecule has 2 saturated carbocycles.